The van der Waals surface area contributed by atoms with E-state index in [9.17, 15) is 4.39 Å². The SMILES string of the molecule is Cc1nc2cc(F)ccc2nc1C(C)C. The normalized spacial score (nSPS) is 11.3. The largest absolute Gasteiger partial charge is 0.249 e. The molecule has 1 heterocycles. The Kier molecular flexibility index (Phi) is 2.39. The average Bonchev–Trinajstić information content (AvgIpc) is 2.15. The van der Waals surface area contributed by atoms with E-state index in [1.165, 1.54) is 12.1 Å². The Hall–Kier alpha value is -1.51. The van der Waals surface area contributed by atoms with Crippen molar-refractivity contribution in [3.63, 3.8) is 0 Å². The van der Waals surface area contributed by atoms with Crippen LogP contribution in [0.2, 0.25) is 0 Å². The summed E-state index contributed by atoms with van der Waals surface area (Å²) < 4.78 is 13.0. The molecule has 0 radical (unpaired) electrons. The molecule has 0 aliphatic heterocycles. The highest BCUT2D eigenvalue weighted by Gasteiger charge is 2.08. The fourth-order valence-electron chi connectivity index (χ4n) is 1.68. The number of hydrogen-bond donors (Lipinski definition) is 0. The summed E-state index contributed by atoms with van der Waals surface area (Å²) in [6, 6.07) is 4.50. The third-order valence-electron chi connectivity index (χ3n) is 2.38. The smallest absolute Gasteiger partial charge is 0.125 e. The van der Waals surface area contributed by atoms with Crippen molar-refractivity contribution >= 4 is 11.0 Å². The topological polar surface area (TPSA) is 25.8 Å². The molecule has 0 fully saturated rings. The number of fused-ring (bicyclic) bond motifs is 1. The van der Waals surface area contributed by atoms with Crippen LogP contribution in [0.25, 0.3) is 11.0 Å². The van der Waals surface area contributed by atoms with Crippen LogP contribution in [0.3, 0.4) is 0 Å². The van der Waals surface area contributed by atoms with Crippen molar-refractivity contribution in [3.8, 4) is 0 Å². The number of hydrogen-bond acceptors (Lipinski definition) is 2. The van der Waals surface area contributed by atoms with Gasteiger partial charge in [-0.15, -0.1) is 0 Å². The van der Waals surface area contributed by atoms with Gasteiger partial charge in [0.2, 0.25) is 0 Å². The zero-order valence-electron chi connectivity index (χ0n) is 9.08. The molecule has 2 nitrogen and oxygen atoms in total. The molecule has 2 aromatic rings. The first-order valence-electron chi connectivity index (χ1n) is 5.01. The van der Waals surface area contributed by atoms with Gasteiger partial charge in [0.25, 0.3) is 0 Å². The van der Waals surface area contributed by atoms with Crippen molar-refractivity contribution in [2.45, 2.75) is 26.7 Å². The van der Waals surface area contributed by atoms with Gasteiger partial charge in [0.05, 0.1) is 22.4 Å². The Morgan fingerprint density at radius 3 is 2.53 bits per heavy atom. The molecule has 0 amide bonds. The van der Waals surface area contributed by atoms with Crippen LogP contribution in [0.1, 0.15) is 31.2 Å². The van der Waals surface area contributed by atoms with Crippen LogP contribution < -0.4 is 0 Å². The molecule has 0 N–H and O–H groups in total. The van der Waals surface area contributed by atoms with Gasteiger partial charge in [-0.05, 0) is 25.0 Å². The van der Waals surface area contributed by atoms with Gasteiger partial charge >= 0.3 is 0 Å². The van der Waals surface area contributed by atoms with Crippen molar-refractivity contribution in [2.24, 2.45) is 0 Å². The third-order valence-corrected chi connectivity index (χ3v) is 2.38. The van der Waals surface area contributed by atoms with Crippen molar-refractivity contribution < 1.29 is 4.39 Å². The molecule has 0 bridgehead atoms. The summed E-state index contributed by atoms with van der Waals surface area (Å²) >= 11 is 0. The summed E-state index contributed by atoms with van der Waals surface area (Å²) in [5, 5.41) is 0. The molecule has 0 saturated carbocycles. The van der Waals surface area contributed by atoms with Crippen LogP contribution in [-0.4, -0.2) is 9.97 Å². The molecule has 78 valence electrons. The van der Waals surface area contributed by atoms with Crippen molar-refractivity contribution in [1.29, 1.82) is 0 Å². The van der Waals surface area contributed by atoms with Crippen LogP contribution in [0.15, 0.2) is 18.2 Å². The number of rotatable bonds is 1. The van der Waals surface area contributed by atoms with E-state index in [1.807, 2.05) is 6.92 Å². The van der Waals surface area contributed by atoms with Gasteiger partial charge in [-0.2, -0.15) is 0 Å². The molecular formula is C12H13FN2. The predicted molar refractivity (Wildman–Crippen MR) is 58.3 cm³/mol. The fourth-order valence-corrected chi connectivity index (χ4v) is 1.68. The quantitative estimate of drug-likeness (QED) is 0.712. The molecule has 0 aliphatic rings. The molecular weight excluding hydrogens is 191 g/mol. The average molecular weight is 204 g/mol. The Morgan fingerprint density at radius 1 is 1.13 bits per heavy atom. The highest BCUT2D eigenvalue weighted by molar-refractivity contribution is 5.74. The van der Waals surface area contributed by atoms with E-state index in [4.69, 9.17) is 0 Å². The maximum absolute atomic E-state index is 13.0. The zero-order valence-corrected chi connectivity index (χ0v) is 9.08. The molecule has 0 aliphatic carbocycles. The Labute approximate surface area is 88.2 Å². The lowest BCUT2D eigenvalue weighted by Gasteiger charge is -2.08. The molecule has 0 atom stereocenters. The summed E-state index contributed by atoms with van der Waals surface area (Å²) in [6.45, 7) is 6.06. The minimum absolute atomic E-state index is 0.270. The highest BCUT2D eigenvalue weighted by Crippen LogP contribution is 2.19. The summed E-state index contributed by atoms with van der Waals surface area (Å²) in [7, 11) is 0. The van der Waals surface area contributed by atoms with Gasteiger partial charge in [0.1, 0.15) is 5.82 Å². The lowest BCUT2D eigenvalue weighted by molar-refractivity contribution is 0.629. The van der Waals surface area contributed by atoms with Gasteiger partial charge in [-0.25, -0.2) is 14.4 Å². The van der Waals surface area contributed by atoms with Crippen LogP contribution in [0, 0.1) is 12.7 Å². The first-order valence-corrected chi connectivity index (χ1v) is 5.01. The van der Waals surface area contributed by atoms with Gasteiger partial charge < -0.3 is 0 Å². The summed E-state index contributed by atoms with van der Waals surface area (Å²) in [5.41, 5.74) is 3.24. The lowest BCUT2D eigenvalue weighted by atomic mass is 10.1. The minimum atomic E-state index is -0.270. The molecule has 15 heavy (non-hydrogen) atoms. The van der Waals surface area contributed by atoms with Gasteiger partial charge in [-0.3, -0.25) is 0 Å². The van der Waals surface area contributed by atoms with Crippen molar-refractivity contribution in [2.75, 3.05) is 0 Å². The van der Waals surface area contributed by atoms with Crippen LogP contribution in [0.5, 0.6) is 0 Å². The number of aryl methyl sites for hydroxylation is 1. The molecule has 3 heteroatoms. The van der Waals surface area contributed by atoms with Gasteiger partial charge in [-0.1, -0.05) is 13.8 Å². The minimum Gasteiger partial charge on any atom is -0.249 e. The lowest BCUT2D eigenvalue weighted by Crippen LogP contribution is -2.00. The van der Waals surface area contributed by atoms with E-state index in [2.05, 4.69) is 23.8 Å². The van der Waals surface area contributed by atoms with Crippen LogP contribution >= 0.6 is 0 Å². The van der Waals surface area contributed by atoms with Gasteiger partial charge in [0, 0.05) is 6.07 Å². The molecule has 1 aromatic heterocycles. The predicted octanol–water partition coefficient (Wildman–Crippen LogP) is 3.20. The van der Waals surface area contributed by atoms with E-state index in [1.54, 1.807) is 6.07 Å². The van der Waals surface area contributed by atoms with E-state index >= 15 is 0 Å². The van der Waals surface area contributed by atoms with E-state index in [-0.39, 0.29) is 5.82 Å². The van der Waals surface area contributed by atoms with E-state index < -0.39 is 0 Å². The first kappa shape index (κ1) is 10.0. The van der Waals surface area contributed by atoms with Crippen LogP contribution in [0.4, 0.5) is 4.39 Å². The Balaban J connectivity index is 2.71. The number of halogens is 1. The van der Waals surface area contributed by atoms with Crippen LogP contribution in [-0.2, 0) is 0 Å². The number of nitrogens with zero attached hydrogens (tertiary/aromatic N) is 2. The fraction of sp³-hybridized carbons (Fsp3) is 0.333. The van der Waals surface area contributed by atoms with E-state index in [0.717, 1.165) is 16.9 Å². The summed E-state index contributed by atoms with van der Waals surface area (Å²) in [6.07, 6.45) is 0. The van der Waals surface area contributed by atoms with E-state index in [0.29, 0.717) is 11.4 Å². The summed E-state index contributed by atoms with van der Waals surface area (Å²) in [5.74, 6) is 0.0699. The first-order chi connectivity index (χ1) is 7.08. The molecule has 0 spiro atoms. The summed E-state index contributed by atoms with van der Waals surface area (Å²) in [4.78, 5) is 8.84. The second-order valence-electron chi connectivity index (χ2n) is 3.98. The Morgan fingerprint density at radius 2 is 1.87 bits per heavy atom. The standard InChI is InChI=1S/C12H13FN2/c1-7(2)12-8(3)14-11-6-9(13)4-5-10(11)15-12/h4-7H,1-3H3. The van der Waals surface area contributed by atoms with Gasteiger partial charge in [0.15, 0.2) is 0 Å². The number of aromatic nitrogens is 2. The molecule has 2 rings (SSSR count). The molecule has 0 saturated heterocycles. The molecule has 0 unspecified atom stereocenters. The third kappa shape index (κ3) is 1.82. The number of benzene rings is 1. The van der Waals surface area contributed by atoms with Crippen molar-refractivity contribution in [3.05, 3.63) is 35.4 Å². The second kappa shape index (κ2) is 3.57. The molecule has 1 aromatic carbocycles. The maximum Gasteiger partial charge on any atom is 0.125 e. The maximum atomic E-state index is 13.0. The monoisotopic (exact) mass is 204 g/mol. The highest BCUT2D eigenvalue weighted by atomic mass is 19.1. The zero-order chi connectivity index (χ0) is 11.0. The van der Waals surface area contributed by atoms with Crippen molar-refractivity contribution in [1.82, 2.24) is 9.97 Å². The second-order valence-corrected chi connectivity index (χ2v) is 3.98. The Bertz CT molecular complexity index is 506.